The fraction of sp³-hybridized carbons (Fsp3) is 0.400. The number of hydrogen-bond donors (Lipinski definition) is 1. The molecule has 3 aromatic carbocycles. The van der Waals surface area contributed by atoms with Crippen molar-refractivity contribution < 1.29 is 67.1 Å². The van der Waals surface area contributed by atoms with Crippen molar-refractivity contribution >= 4 is 27.6 Å². The Kier molecular flexibility index (Phi) is 11.2. The molecule has 2 aliphatic rings. The maximum atomic E-state index is 14.6. The molecule has 2 heterocycles. The first kappa shape index (κ1) is 40.5. The van der Waals surface area contributed by atoms with E-state index in [2.05, 4.69) is 10.1 Å². The molecule has 2 aliphatic heterocycles. The highest BCUT2D eigenvalue weighted by molar-refractivity contribution is 7.92. The molecule has 1 N–H and O–H groups in total. The van der Waals surface area contributed by atoms with E-state index in [1.165, 1.54) is 16.8 Å². The molecule has 0 saturated carbocycles. The Hall–Kier alpha value is -4.65. The number of nitrogens with one attached hydrogen (secondary N) is 1. The third-order valence-electron chi connectivity index (χ3n) is 9.85. The van der Waals surface area contributed by atoms with Gasteiger partial charge in [0.05, 0.1) is 11.5 Å². The summed E-state index contributed by atoms with van der Waals surface area (Å²) in [7, 11) is -3.40. The SMILES string of the molecule is CNC(=O)C(=O)N1CCC(C(=O)N2CCC(c3ccc(C(OCc4c(F)cccc4F)(C(F)(F)F)C(F)(F)F)cc3)(S(=O)(=O)c3ccc(F)cc3)C2)CC1. The first-order valence-electron chi connectivity index (χ1n) is 16.3. The molecule has 0 radical (unpaired) electrons. The molecule has 2 fully saturated rings. The number of benzene rings is 3. The van der Waals surface area contributed by atoms with E-state index in [1.807, 2.05) is 0 Å². The first-order chi connectivity index (χ1) is 25.2. The van der Waals surface area contributed by atoms with Crippen LogP contribution in [0.2, 0.25) is 0 Å². The predicted molar refractivity (Wildman–Crippen MR) is 171 cm³/mol. The Balaban J connectivity index is 1.53. The van der Waals surface area contributed by atoms with Gasteiger partial charge in [0.25, 0.3) is 5.60 Å². The molecule has 0 bridgehead atoms. The van der Waals surface area contributed by atoms with Gasteiger partial charge in [-0.1, -0.05) is 30.3 Å². The first-order valence-corrected chi connectivity index (χ1v) is 17.8. The summed E-state index contributed by atoms with van der Waals surface area (Å²) in [4.78, 5) is 39.7. The van der Waals surface area contributed by atoms with Crippen molar-refractivity contribution in [3.05, 3.63) is 101 Å². The van der Waals surface area contributed by atoms with Crippen molar-refractivity contribution in [1.29, 1.82) is 0 Å². The molecule has 1 atom stereocenters. The number of hydrogen-bond acceptors (Lipinski definition) is 6. The van der Waals surface area contributed by atoms with Crippen LogP contribution in [0.4, 0.5) is 39.5 Å². The molecule has 5 rings (SSSR count). The van der Waals surface area contributed by atoms with Crippen molar-refractivity contribution in [1.82, 2.24) is 15.1 Å². The van der Waals surface area contributed by atoms with Crippen LogP contribution >= 0.6 is 0 Å². The number of likely N-dealkylation sites (tertiary alicyclic amines) is 2. The fourth-order valence-corrected chi connectivity index (χ4v) is 8.93. The Morgan fingerprint density at radius 1 is 0.815 bits per heavy atom. The third kappa shape index (κ3) is 7.14. The van der Waals surface area contributed by atoms with Crippen molar-refractivity contribution in [2.75, 3.05) is 33.2 Å². The normalized spacial score (nSPS) is 18.9. The molecule has 292 valence electrons. The molecular formula is C35H32F9N3O6S. The maximum absolute atomic E-state index is 14.6. The van der Waals surface area contributed by atoms with E-state index in [0.717, 1.165) is 30.3 Å². The van der Waals surface area contributed by atoms with Crippen LogP contribution in [-0.4, -0.2) is 81.5 Å². The monoisotopic (exact) mass is 793 g/mol. The summed E-state index contributed by atoms with van der Waals surface area (Å²) in [5.41, 5.74) is -8.23. The van der Waals surface area contributed by atoms with E-state index in [-0.39, 0.29) is 44.5 Å². The quantitative estimate of drug-likeness (QED) is 0.183. The zero-order valence-electron chi connectivity index (χ0n) is 28.2. The highest BCUT2D eigenvalue weighted by Gasteiger charge is 2.73. The third-order valence-corrected chi connectivity index (χ3v) is 12.3. The number of carbonyl (C=O) groups is 3. The summed E-state index contributed by atoms with van der Waals surface area (Å²) in [6, 6.07) is 7.75. The van der Waals surface area contributed by atoms with Crippen LogP contribution in [0.1, 0.15) is 36.0 Å². The zero-order valence-corrected chi connectivity index (χ0v) is 29.1. The summed E-state index contributed by atoms with van der Waals surface area (Å²) in [5.74, 6) is -6.63. The maximum Gasteiger partial charge on any atom is 0.430 e. The summed E-state index contributed by atoms with van der Waals surface area (Å²) < 4.78 is 161. The molecule has 0 aromatic heterocycles. The van der Waals surface area contributed by atoms with Gasteiger partial charge in [0, 0.05) is 50.3 Å². The van der Waals surface area contributed by atoms with Crippen LogP contribution < -0.4 is 5.32 Å². The molecule has 0 aliphatic carbocycles. The number of halogens is 9. The van der Waals surface area contributed by atoms with Gasteiger partial charge in [-0.05, 0) is 61.2 Å². The summed E-state index contributed by atoms with van der Waals surface area (Å²) >= 11 is 0. The number of ether oxygens (including phenoxy) is 1. The van der Waals surface area contributed by atoms with E-state index in [1.54, 1.807) is 0 Å². The van der Waals surface area contributed by atoms with Crippen molar-refractivity contribution in [3.63, 3.8) is 0 Å². The average molecular weight is 794 g/mol. The molecule has 19 heteroatoms. The minimum atomic E-state index is -6.26. The lowest BCUT2D eigenvalue weighted by Crippen LogP contribution is -2.56. The molecular weight excluding hydrogens is 761 g/mol. The highest BCUT2D eigenvalue weighted by atomic mass is 32.2. The van der Waals surface area contributed by atoms with Crippen molar-refractivity contribution in [2.24, 2.45) is 5.92 Å². The lowest BCUT2D eigenvalue weighted by atomic mass is 9.88. The number of rotatable bonds is 8. The van der Waals surface area contributed by atoms with Gasteiger partial charge < -0.3 is 19.9 Å². The number of nitrogens with zero attached hydrogens (tertiary/aromatic N) is 2. The van der Waals surface area contributed by atoms with Crippen LogP contribution in [-0.2, 0) is 45.9 Å². The minimum Gasteiger partial charge on any atom is -0.351 e. The minimum absolute atomic E-state index is 0.0305. The number of carbonyl (C=O) groups excluding carboxylic acids is 3. The molecule has 9 nitrogen and oxygen atoms in total. The second-order valence-corrected chi connectivity index (χ2v) is 15.1. The summed E-state index contributed by atoms with van der Waals surface area (Å²) in [6.07, 6.45) is -12.7. The van der Waals surface area contributed by atoms with Crippen LogP contribution in [0, 0.1) is 23.4 Å². The van der Waals surface area contributed by atoms with Gasteiger partial charge in [-0.25, -0.2) is 21.6 Å². The van der Waals surface area contributed by atoms with Gasteiger partial charge in [-0.2, -0.15) is 26.3 Å². The van der Waals surface area contributed by atoms with Gasteiger partial charge in [-0.3, -0.25) is 14.4 Å². The Labute approximate surface area is 303 Å². The second kappa shape index (κ2) is 14.9. The average Bonchev–Trinajstić information content (AvgIpc) is 3.59. The van der Waals surface area contributed by atoms with Crippen LogP contribution in [0.5, 0.6) is 0 Å². The van der Waals surface area contributed by atoms with E-state index >= 15 is 0 Å². The zero-order chi connectivity index (χ0) is 39.9. The van der Waals surface area contributed by atoms with Crippen LogP contribution in [0.3, 0.4) is 0 Å². The van der Waals surface area contributed by atoms with Gasteiger partial charge in [0.1, 0.15) is 22.2 Å². The standard InChI is InChI=1S/C35H32F9N3O6S/c1-45-29(48)31(50)46-16-13-21(14-17-46)30(49)47-18-15-32(20-47,54(51,52)25-11-9-24(36)10-12-25)22-5-7-23(8-6-22)33(34(39,40)41,35(42,43)44)53-19-26-27(37)3-2-4-28(26)38/h2-12,21H,13-20H2,1H3,(H,45,48). The lowest BCUT2D eigenvalue weighted by Gasteiger charge is -2.38. The van der Waals surface area contributed by atoms with Crippen LogP contribution in [0.25, 0.3) is 0 Å². The summed E-state index contributed by atoms with van der Waals surface area (Å²) in [6.45, 7) is -2.55. The molecule has 54 heavy (non-hydrogen) atoms. The highest BCUT2D eigenvalue weighted by Crippen LogP contribution is 2.54. The smallest absolute Gasteiger partial charge is 0.351 e. The lowest BCUT2D eigenvalue weighted by molar-refractivity contribution is -0.392. The Morgan fingerprint density at radius 3 is 1.89 bits per heavy atom. The van der Waals surface area contributed by atoms with Gasteiger partial charge in [0.15, 0.2) is 9.84 Å². The molecule has 3 amide bonds. The van der Waals surface area contributed by atoms with Crippen LogP contribution in [0.15, 0.2) is 71.6 Å². The molecule has 2 saturated heterocycles. The van der Waals surface area contributed by atoms with Gasteiger partial charge in [-0.15, -0.1) is 0 Å². The molecule has 3 aromatic rings. The van der Waals surface area contributed by atoms with Gasteiger partial charge in [0.2, 0.25) is 5.91 Å². The predicted octanol–water partition coefficient (Wildman–Crippen LogP) is 5.53. The number of piperidine rings is 1. The van der Waals surface area contributed by atoms with Crippen molar-refractivity contribution in [3.8, 4) is 0 Å². The Morgan fingerprint density at radius 2 is 1.37 bits per heavy atom. The van der Waals surface area contributed by atoms with E-state index < -0.39 is 103 Å². The number of alkyl halides is 6. The fourth-order valence-electron chi connectivity index (χ4n) is 6.85. The van der Waals surface area contributed by atoms with Gasteiger partial charge >= 0.3 is 24.2 Å². The van der Waals surface area contributed by atoms with E-state index in [9.17, 15) is 62.3 Å². The summed E-state index contributed by atoms with van der Waals surface area (Å²) in [5, 5.41) is 2.21. The topological polar surface area (TPSA) is 113 Å². The number of amides is 3. The van der Waals surface area contributed by atoms with Crippen molar-refractivity contribution in [2.45, 2.75) is 53.5 Å². The molecule has 1 unspecified atom stereocenters. The number of sulfone groups is 1. The number of likely N-dealkylation sites (N-methyl/N-ethyl adjacent to an activating group) is 1. The van der Waals surface area contributed by atoms with E-state index in [4.69, 9.17) is 0 Å². The second-order valence-electron chi connectivity index (χ2n) is 12.8. The largest absolute Gasteiger partial charge is 0.430 e. The Bertz CT molecular complexity index is 1970. The van der Waals surface area contributed by atoms with E-state index in [0.29, 0.717) is 36.4 Å². The molecule has 0 spiro atoms.